The van der Waals surface area contributed by atoms with Crippen LogP contribution in [0.25, 0.3) is 0 Å². The molecule has 0 saturated heterocycles. The lowest BCUT2D eigenvalue weighted by molar-refractivity contribution is -0.140. The number of hydrogen-bond donors (Lipinski definition) is 2. The zero-order valence-electron chi connectivity index (χ0n) is 12.8. The smallest absolute Gasteiger partial charge is 0.307 e. The number of aliphatic carboxylic acids is 1. The third kappa shape index (κ3) is 2.74. The molecular weight excluding hydrogens is 302 g/mol. The van der Waals surface area contributed by atoms with E-state index in [-0.39, 0.29) is 5.91 Å². The Morgan fingerprint density at radius 1 is 1.18 bits per heavy atom. The number of carbonyl (C=O) groups is 2. The molecule has 2 atom stereocenters. The Labute approximate surface area is 133 Å². The van der Waals surface area contributed by atoms with E-state index in [0.717, 1.165) is 17.8 Å². The number of hydrogen-bond acceptors (Lipinski definition) is 5. The number of anilines is 1. The molecule has 3 rings (SSSR count). The van der Waals surface area contributed by atoms with Gasteiger partial charge in [-0.15, -0.1) is 10.2 Å². The summed E-state index contributed by atoms with van der Waals surface area (Å²) >= 11 is 1.42. The van der Waals surface area contributed by atoms with Gasteiger partial charge in [0, 0.05) is 5.92 Å². The highest BCUT2D eigenvalue weighted by Crippen LogP contribution is 2.58. The highest BCUT2D eigenvalue weighted by atomic mass is 32.1. The molecule has 6 nitrogen and oxygen atoms in total. The molecule has 1 amide bonds. The van der Waals surface area contributed by atoms with Crippen LogP contribution >= 0.6 is 11.3 Å². The van der Waals surface area contributed by atoms with E-state index in [9.17, 15) is 9.59 Å². The Hall–Kier alpha value is -1.50. The summed E-state index contributed by atoms with van der Waals surface area (Å²) in [4.78, 5) is 23.4. The fourth-order valence-corrected chi connectivity index (χ4v) is 4.49. The standard InChI is InChI=1S/C15H21N3O3S/c1-15(2)9(10(15)13(20)21)11(19)16-14-18-17-12(22-14)8-6-4-3-5-7-8/h8-10H,3-7H2,1-2H3,(H,20,21)(H,16,18,19)/t9-,10+/m1/s1. The monoisotopic (exact) mass is 323 g/mol. The van der Waals surface area contributed by atoms with Gasteiger partial charge in [-0.25, -0.2) is 0 Å². The van der Waals surface area contributed by atoms with Gasteiger partial charge < -0.3 is 10.4 Å². The van der Waals surface area contributed by atoms with Gasteiger partial charge in [-0.1, -0.05) is 44.4 Å². The van der Waals surface area contributed by atoms with Gasteiger partial charge in [0.15, 0.2) is 0 Å². The van der Waals surface area contributed by atoms with Gasteiger partial charge in [0.1, 0.15) is 5.01 Å². The number of carboxylic acid groups (broad SMARTS) is 1. The van der Waals surface area contributed by atoms with Crippen LogP contribution in [0.15, 0.2) is 0 Å². The van der Waals surface area contributed by atoms with Gasteiger partial charge in [0.25, 0.3) is 0 Å². The minimum atomic E-state index is -0.912. The molecule has 1 aromatic heterocycles. The number of aromatic nitrogens is 2. The Balaban J connectivity index is 1.63. The molecule has 0 bridgehead atoms. The van der Waals surface area contributed by atoms with Gasteiger partial charge in [0.05, 0.1) is 11.8 Å². The normalized spacial score (nSPS) is 27.4. The minimum Gasteiger partial charge on any atom is -0.481 e. The summed E-state index contributed by atoms with van der Waals surface area (Å²) < 4.78 is 0. The topological polar surface area (TPSA) is 92.2 Å². The van der Waals surface area contributed by atoms with Crippen LogP contribution in [0.4, 0.5) is 5.13 Å². The molecule has 0 aromatic carbocycles. The van der Waals surface area contributed by atoms with E-state index >= 15 is 0 Å². The van der Waals surface area contributed by atoms with Crippen molar-refractivity contribution in [3.8, 4) is 0 Å². The molecule has 0 aliphatic heterocycles. The predicted octanol–water partition coefficient (Wildman–Crippen LogP) is 2.88. The average Bonchev–Trinajstić information content (AvgIpc) is 2.82. The first-order chi connectivity index (χ1) is 10.4. The molecule has 2 saturated carbocycles. The zero-order valence-corrected chi connectivity index (χ0v) is 13.7. The van der Waals surface area contributed by atoms with Crippen LogP contribution < -0.4 is 5.32 Å². The van der Waals surface area contributed by atoms with Crippen molar-refractivity contribution in [2.75, 3.05) is 5.32 Å². The molecule has 120 valence electrons. The first kappa shape index (κ1) is 15.4. The lowest BCUT2D eigenvalue weighted by atomic mass is 9.90. The highest BCUT2D eigenvalue weighted by Gasteiger charge is 2.66. The summed E-state index contributed by atoms with van der Waals surface area (Å²) in [6, 6.07) is 0. The largest absolute Gasteiger partial charge is 0.481 e. The SMILES string of the molecule is CC1(C)[C@H](C(=O)O)[C@@H]1C(=O)Nc1nnc(C2CCCCC2)s1. The lowest BCUT2D eigenvalue weighted by Gasteiger charge is -2.18. The average molecular weight is 323 g/mol. The highest BCUT2D eigenvalue weighted by molar-refractivity contribution is 7.15. The second kappa shape index (κ2) is 5.61. The van der Waals surface area contributed by atoms with E-state index in [1.54, 1.807) is 0 Å². The van der Waals surface area contributed by atoms with Crippen molar-refractivity contribution in [1.82, 2.24) is 10.2 Å². The van der Waals surface area contributed by atoms with E-state index in [0.29, 0.717) is 11.0 Å². The Morgan fingerprint density at radius 3 is 2.45 bits per heavy atom. The van der Waals surface area contributed by atoms with Crippen molar-refractivity contribution < 1.29 is 14.7 Å². The lowest BCUT2D eigenvalue weighted by Crippen LogP contribution is -2.17. The Bertz CT molecular complexity index is 593. The van der Waals surface area contributed by atoms with Gasteiger partial charge >= 0.3 is 5.97 Å². The predicted molar refractivity (Wildman–Crippen MR) is 82.8 cm³/mol. The minimum absolute atomic E-state index is 0.260. The first-order valence-corrected chi connectivity index (χ1v) is 8.60. The maximum absolute atomic E-state index is 12.3. The molecular formula is C15H21N3O3S. The molecule has 1 heterocycles. The number of amides is 1. The Kier molecular flexibility index (Phi) is 3.92. The van der Waals surface area contributed by atoms with Crippen LogP contribution in [-0.4, -0.2) is 27.2 Å². The van der Waals surface area contributed by atoms with Crippen LogP contribution in [0, 0.1) is 17.3 Å². The number of nitrogens with one attached hydrogen (secondary N) is 1. The van der Waals surface area contributed by atoms with Crippen molar-refractivity contribution in [3.05, 3.63) is 5.01 Å². The molecule has 0 radical (unpaired) electrons. The second-order valence-electron chi connectivity index (χ2n) is 6.88. The van der Waals surface area contributed by atoms with E-state index in [2.05, 4.69) is 15.5 Å². The molecule has 0 unspecified atom stereocenters. The number of nitrogens with zero attached hydrogens (tertiary/aromatic N) is 2. The quantitative estimate of drug-likeness (QED) is 0.889. The fraction of sp³-hybridized carbons (Fsp3) is 0.733. The van der Waals surface area contributed by atoms with Crippen LogP contribution in [0.3, 0.4) is 0 Å². The third-order valence-electron chi connectivity index (χ3n) is 5.00. The van der Waals surface area contributed by atoms with Gasteiger partial charge in [-0.05, 0) is 18.3 Å². The summed E-state index contributed by atoms with van der Waals surface area (Å²) in [7, 11) is 0. The van der Waals surface area contributed by atoms with Crippen molar-refractivity contribution in [3.63, 3.8) is 0 Å². The van der Waals surface area contributed by atoms with Crippen LogP contribution in [0.2, 0.25) is 0 Å². The van der Waals surface area contributed by atoms with Crippen molar-refractivity contribution >= 4 is 28.3 Å². The molecule has 0 spiro atoms. The second-order valence-corrected chi connectivity index (χ2v) is 7.89. The first-order valence-electron chi connectivity index (χ1n) is 7.78. The molecule has 1 aromatic rings. The van der Waals surface area contributed by atoms with Crippen LogP contribution in [0.5, 0.6) is 0 Å². The molecule has 7 heteroatoms. The van der Waals surface area contributed by atoms with E-state index < -0.39 is 23.2 Å². The van der Waals surface area contributed by atoms with E-state index in [1.807, 2.05) is 13.8 Å². The summed E-state index contributed by atoms with van der Waals surface area (Å²) in [6.45, 7) is 3.62. The maximum atomic E-state index is 12.3. The Morgan fingerprint density at radius 2 is 1.86 bits per heavy atom. The number of carbonyl (C=O) groups excluding carboxylic acids is 1. The van der Waals surface area contributed by atoms with Crippen LogP contribution in [0.1, 0.15) is 56.9 Å². The summed E-state index contributed by atoms with van der Waals surface area (Å²) in [5, 5.41) is 21.6. The van der Waals surface area contributed by atoms with E-state index in [1.165, 1.54) is 30.6 Å². The number of carboxylic acids is 1. The van der Waals surface area contributed by atoms with Crippen molar-refractivity contribution in [2.45, 2.75) is 51.9 Å². The van der Waals surface area contributed by atoms with Crippen LogP contribution in [-0.2, 0) is 9.59 Å². The maximum Gasteiger partial charge on any atom is 0.307 e. The van der Waals surface area contributed by atoms with E-state index in [4.69, 9.17) is 5.11 Å². The molecule has 22 heavy (non-hydrogen) atoms. The summed E-state index contributed by atoms with van der Waals surface area (Å²) in [6.07, 6.45) is 6.01. The van der Waals surface area contributed by atoms with Gasteiger partial charge in [-0.2, -0.15) is 0 Å². The zero-order chi connectivity index (χ0) is 15.9. The number of rotatable bonds is 4. The molecule has 2 aliphatic carbocycles. The summed E-state index contributed by atoms with van der Waals surface area (Å²) in [5.74, 6) is -1.82. The fourth-order valence-electron chi connectivity index (χ4n) is 3.57. The third-order valence-corrected chi connectivity index (χ3v) is 6.00. The van der Waals surface area contributed by atoms with Crippen molar-refractivity contribution in [1.29, 1.82) is 0 Å². The molecule has 2 fully saturated rings. The van der Waals surface area contributed by atoms with Crippen molar-refractivity contribution in [2.24, 2.45) is 17.3 Å². The van der Waals surface area contributed by atoms with Gasteiger partial charge in [0.2, 0.25) is 11.0 Å². The molecule has 2 aliphatic rings. The summed E-state index contributed by atoms with van der Waals surface area (Å²) in [5.41, 5.74) is -0.493. The van der Waals surface area contributed by atoms with Gasteiger partial charge in [-0.3, -0.25) is 9.59 Å². The molecule has 2 N–H and O–H groups in total.